The van der Waals surface area contributed by atoms with Crippen LogP contribution in [0, 0.1) is 11.3 Å². The van der Waals surface area contributed by atoms with Gasteiger partial charge in [-0.1, -0.05) is 0 Å². The van der Waals surface area contributed by atoms with E-state index < -0.39 is 24.8 Å². The summed E-state index contributed by atoms with van der Waals surface area (Å²) in [5.74, 6) is 0.407. The first-order valence-corrected chi connectivity index (χ1v) is 13.9. The Morgan fingerprint density at radius 3 is 2.57 bits per heavy atom. The van der Waals surface area contributed by atoms with E-state index in [1.54, 1.807) is 18.2 Å². The maximum absolute atomic E-state index is 14.7. The molecule has 0 radical (unpaired) electrons. The number of nitrogens with zero attached hydrogens (tertiary/aromatic N) is 7. The van der Waals surface area contributed by atoms with Gasteiger partial charge in [-0.3, -0.25) is 9.69 Å². The molecular weight excluding hydrogens is 543 g/mol. The lowest BCUT2D eigenvalue weighted by Gasteiger charge is -2.35. The summed E-state index contributed by atoms with van der Waals surface area (Å²) in [5, 5.41) is 31.1. The molecule has 2 saturated heterocycles. The number of alkyl halides is 1. The predicted octanol–water partition coefficient (Wildman–Crippen LogP) is 1.58. The zero-order valence-electron chi connectivity index (χ0n) is 23.1. The van der Waals surface area contributed by atoms with Crippen LogP contribution < -0.4 is 15.0 Å². The Bertz CT molecular complexity index is 1410. The van der Waals surface area contributed by atoms with Crippen LogP contribution in [0.2, 0.25) is 0 Å². The SMILES string of the molecule is N#Cc1cc(-c2ncnc(Nc3ccc(N4CCN(CCO)CC4)cc3)n2)ccc1OC1CCN(C(=O)CO)CC1F. The highest BCUT2D eigenvalue weighted by Gasteiger charge is 2.33. The summed E-state index contributed by atoms with van der Waals surface area (Å²) in [6, 6.07) is 15.0. The third-order valence-electron chi connectivity index (χ3n) is 7.46. The Kier molecular flexibility index (Phi) is 9.38. The second-order valence-corrected chi connectivity index (χ2v) is 10.1. The molecule has 3 heterocycles. The fourth-order valence-corrected chi connectivity index (χ4v) is 5.12. The van der Waals surface area contributed by atoms with Gasteiger partial charge in [0.05, 0.1) is 18.7 Å². The zero-order valence-corrected chi connectivity index (χ0v) is 23.1. The number of β-amino-alcohol motifs (C(OH)–C–C–N with tert-alkyl or cyclic N) is 1. The van der Waals surface area contributed by atoms with Gasteiger partial charge in [-0.25, -0.2) is 14.4 Å². The summed E-state index contributed by atoms with van der Waals surface area (Å²) in [7, 11) is 0. The highest BCUT2D eigenvalue weighted by Crippen LogP contribution is 2.29. The number of aromatic nitrogens is 3. The number of piperazine rings is 1. The number of carbonyl (C=O) groups excluding carboxylic acids is 1. The number of rotatable bonds is 9. The number of piperidine rings is 1. The van der Waals surface area contributed by atoms with E-state index in [-0.39, 0.29) is 37.4 Å². The first-order valence-electron chi connectivity index (χ1n) is 13.9. The van der Waals surface area contributed by atoms with Gasteiger partial charge in [-0.2, -0.15) is 10.2 Å². The van der Waals surface area contributed by atoms with E-state index in [1.165, 1.54) is 11.2 Å². The van der Waals surface area contributed by atoms with Crippen molar-refractivity contribution in [2.45, 2.75) is 18.7 Å². The van der Waals surface area contributed by atoms with Gasteiger partial charge in [0.15, 0.2) is 12.0 Å². The number of halogens is 1. The van der Waals surface area contributed by atoms with Crippen molar-refractivity contribution in [2.24, 2.45) is 0 Å². The number of aliphatic hydroxyl groups excluding tert-OH is 2. The van der Waals surface area contributed by atoms with E-state index in [0.29, 0.717) is 23.9 Å². The molecule has 1 aromatic heterocycles. The summed E-state index contributed by atoms with van der Waals surface area (Å²) in [5.41, 5.74) is 2.70. The van der Waals surface area contributed by atoms with Gasteiger partial charge in [-0.15, -0.1) is 0 Å². The summed E-state index contributed by atoms with van der Waals surface area (Å²) in [6.07, 6.45) is -0.643. The molecule has 2 fully saturated rings. The van der Waals surface area contributed by atoms with Crippen LogP contribution in [0.3, 0.4) is 0 Å². The highest BCUT2D eigenvalue weighted by molar-refractivity contribution is 5.77. The van der Waals surface area contributed by atoms with Crippen LogP contribution in [0.1, 0.15) is 12.0 Å². The molecule has 2 aromatic carbocycles. The number of ether oxygens (including phenoxy) is 1. The molecule has 0 aliphatic carbocycles. The lowest BCUT2D eigenvalue weighted by atomic mass is 10.0. The number of aliphatic hydroxyl groups is 2. The summed E-state index contributed by atoms with van der Waals surface area (Å²) in [6.45, 7) is 3.94. The number of hydrogen-bond acceptors (Lipinski definition) is 11. The number of nitrogens with one attached hydrogen (secondary N) is 1. The van der Waals surface area contributed by atoms with Crippen LogP contribution in [0.25, 0.3) is 11.4 Å². The molecule has 0 spiro atoms. The molecule has 2 atom stereocenters. The van der Waals surface area contributed by atoms with E-state index in [4.69, 9.17) is 14.9 Å². The number of anilines is 3. The van der Waals surface area contributed by atoms with E-state index in [1.807, 2.05) is 24.3 Å². The van der Waals surface area contributed by atoms with E-state index in [9.17, 15) is 14.4 Å². The minimum atomic E-state index is -1.45. The number of likely N-dealkylation sites (tertiary alicyclic amines) is 1. The molecule has 5 rings (SSSR count). The highest BCUT2D eigenvalue weighted by atomic mass is 19.1. The Labute approximate surface area is 243 Å². The van der Waals surface area contributed by atoms with Crippen molar-refractivity contribution >= 4 is 23.2 Å². The first kappa shape index (κ1) is 29.1. The third-order valence-corrected chi connectivity index (χ3v) is 7.46. The average Bonchev–Trinajstić information content (AvgIpc) is 3.03. The van der Waals surface area contributed by atoms with Gasteiger partial charge < -0.3 is 30.1 Å². The normalized spacial score (nSPS) is 19.3. The fourth-order valence-electron chi connectivity index (χ4n) is 5.12. The molecule has 13 heteroatoms. The van der Waals surface area contributed by atoms with E-state index in [0.717, 1.165) is 37.6 Å². The summed E-state index contributed by atoms with van der Waals surface area (Å²) < 4.78 is 20.5. The van der Waals surface area contributed by atoms with Crippen molar-refractivity contribution in [3.63, 3.8) is 0 Å². The van der Waals surface area contributed by atoms with Gasteiger partial charge >= 0.3 is 0 Å². The number of nitriles is 1. The smallest absolute Gasteiger partial charge is 0.248 e. The first-order chi connectivity index (χ1) is 20.5. The standard InChI is InChI=1S/C29H33FN8O4/c30-24-17-38(27(41)18-40)8-7-26(24)42-25-6-1-20(15-21(25)16-31)28-32-19-33-29(35-28)34-22-2-4-23(5-3-22)37-11-9-36(10-12-37)13-14-39/h1-6,15,19,24,26,39-40H,7-14,17-18H2,(H,32,33,34,35). The maximum Gasteiger partial charge on any atom is 0.248 e. The van der Waals surface area contributed by atoms with Gasteiger partial charge in [0.2, 0.25) is 11.9 Å². The van der Waals surface area contributed by atoms with Crippen molar-refractivity contribution < 1.29 is 24.1 Å². The molecule has 42 heavy (non-hydrogen) atoms. The molecular formula is C29H33FN8O4. The minimum Gasteiger partial charge on any atom is -0.486 e. The molecule has 2 aliphatic heterocycles. The topological polar surface area (TPSA) is 151 Å². The Hall–Kier alpha value is -4.38. The number of amides is 1. The molecule has 2 unspecified atom stereocenters. The molecule has 3 aromatic rings. The van der Waals surface area contributed by atoms with Crippen LogP contribution >= 0.6 is 0 Å². The van der Waals surface area contributed by atoms with Gasteiger partial charge in [0.25, 0.3) is 0 Å². The van der Waals surface area contributed by atoms with Crippen LogP contribution in [0.5, 0.6) is 5.75 Å². The largest absolute Gasteiger partial charge is 0.486 e. The van der Waals surface area contributed by atoms with Gasteiger partial charge in [0.1, 0.15) is 30.9 Å². The number of hydrogen-bond donors (Lipinski definition) is 3. The second kappa shape index (κ2) is 13.5. The Morgan fingerprint density at radius 1 is 1.10 bits per heavy atom. The Balaban J connectivity index is 1.22. The number of carbonyl (C=O) groups is 1. The van der Waals surface area contributed by atoms with Crippen molar-refractivity contribution in [1.29, 1.82) is 5.26 Å². The lowest BCUT2D eigenvalue weighted by Crippen LogP contribution is -2.50. The monoisotopic (exact) mass is 576 g/mol. The lowest BCUT2D eigenvalue weighted by molar-refractivity contribution is -0.138. The predicted molar refractivity (Wildman–Crippen MR) is 153 cm³/mol. The van der Waals surface area contributed by atoms with Crippen molar-refractivity contribution in [3.05, 3.63) is 54.4 Å². The fraction of sp³-hybridized carbons (Fsp3) is 0.414. The quantitative estimate of drug-likeness (QED) is 0.341. The van der Waals surface area contributed by atoms with Crippen molar-refractivity contribution in [1.82, 2.24) is 24.8 Å². The third kappa shape index (κ3) is 6.91. The molecule has 2 aliphatic rings. The Morgan fingerprint density at radius 2 is 1.88 bits per heavy atom. The number of benzene rings is 2. The maximum atomic E-state index is 14.7. The van der Waals surface area contributed by atoms with Crippen LogP contribution in [-0.4, -0.2) is 112 Å². The van der Waals surface area contributed by atoms with Gasteiger partial charge in [0, 0.05) is 62.6 Å². The average molecular weight is 577 g/mol. The minimum absolute atomic E-state index is 0.171. The molecule has 0 saturated carbocycles. The van der Waals surface area contributed by atoms with Crippen LogP contribution in [0.15, 0.2) is 48.8 Å². The molecule has 220 valence electrons. The van der Waals surface area contributed by atoms with Crippen LogP contribution in [-0.2, 0) is 4.79 Å². The van der Waals surface area contributed by atoms with Crippen molar-refractivity contribution in [2.75, 3.05) is 69.2 Å². The molecule has 12 nitrogen and oxygen atoms in total. The van der Waals surface area contributed by atoms with Gasteiger partial charge in [-0.05, 0) is 42.5 Å². The summed E-state index contributed by atoms with van der Waals surface area (Å²) >= 11 is 0. The summed E-state index contributed by atoms with van der Waals surface area (Å²) in [4.78, 5) is 30.5. The van der Waals surface area contributed by atoms with Crippen molar-refractivity contribution in [3.8, 4) is 23.2 Å². The second-order valence-electron chi connectivity index (χ2n) is 10.1. The molecule has 1 amide bonds. The molecule has 3 N–H and O–H groups in total. The van der Waals surface area contributed by atoms with Crippen LogP contribution in [0.4, 0.5) is 21.7 Å². The molecule has 0 bridgehead atoms. The van der Waals surface area contributed by atoms with E-state index >= 15 is 0 Å². The zero-order chi connectivity index (χ0) is 29.5. The van der Waals surface area contributed by atoms with E-state index in [2.05, 4.69) is 36.1 Å².